The summed E-state index contributed by atoms with van der Waals surface area (Å²) in [6.07, 6.45) is 6.37. The van der Waals surface area contributed by atoms with Gasteiger partial charge in [0.15, 0.2) is 5.88 Å². The van der Waals surface area contributed by atoms with E-state index in [9.17, 15) is 9.59 Å². The molecule has 2 saturated heterocycles. The van der Waals surface area contributed by atoms with Gasteiger partial charge in [0.05, 0.1) is 6.04 Å². The molecule has 2 aliphatic heterocycles. The highest BCUT2D eigenvalue weighted by atomic mass is 32.2. The molecule has 136 valence electrons. The number of ether oxygens (including phenoxy) is 1. The van der Waals surface area contributed by atoms with Crippen LogP contribution in [0.15, 0.2) is 12.5 Å². The van der Waals surface area contributed by atoms with Gasteiger partial charge in [-0.25, -0.2) is 0 Å². The fourth-order valence-corrected chi connectivity index (χ4v) is 4.63. The van der Waals surface area contributed by atoms with Gasteiger partial charge in [0, 0.05) is 30.4 Å². The number of carbonyl (C=O) groups excluding carboxylic acids is 1. The Morgan fingerprint density at radius 2 is 2.04 bits per heavy atom. The molecule has 2 fully saturated rings. The van der Waals surface area contributed by atoms with E-state index in [0.717, 1.165) is 37.9 Å². The molecule has 0 aromatic heterocycles. The van der Waals surface area contributed by atoms with Gasteiger partial charge in [0.2, 0.25) is 5.91 Å². The fraction of sp³-hybridized carbons (Fsp3) is 0.765. The monoisotopic (exact) mass is 356 g/mol. The molecule has 24 heavy (non-hydrogen) atoms. The summed E-state index contributed by atoms with van der Waals surface area (Å²) in [7, 11) is 0. The van der Waals surface area contributed by atoms with Crippen molar-refractivity contribution in [2.75, 3.05) is 12.3 Å². The molecule has 0 saturated carbocycles. The first-order valence-electron chi connectivity index (χ1n) is 8.78. The summed E-state index contributed by atoms with van der Waals surface area (Å²) in [6.45, 7) is 4.46. The van der Waals surface area contributed by atoms with Crippen LogP contribution in [0.3, 0.4) is 0 Å². The summed E-state index contributed by atoms with van der Waals surface area (Å²) in [4.78, 5) is 22.1. The summed E-state index contributed by atoms with van der Waals surface area (Å²) in [5.74, 6) is 1.10. The second kappa shape index (κ2) is 9.81. The van der Waals surface area contributed by atoms with Crippen LogP contribution in [-0.4, -0.2) is 46.7 Å². The van der Waals surface area contributed by atoms with Crippen LogP contribution in [0, 0.1) is 0 Å². The number of unbranched alkanes of at least 4 members (excludes halogenated alkanes) is 3. The van der Waals surface area contributed by atoms with Crippen molar-refractivity contribution in [1.82, 2.24) is 10.6 Å². The largest absolute Gasteiger partial charge is 0.481 e. The molecule has 2 rings (SSSR count). The van der Waals surface area contributed by atoms with Crippen LogP contribution in [-0.2, 0) is 14.3 Å². The summed E-state index contributed by atoms with van der Waals surface area (Å²) >= 11 is 1.95. The predicted octanol–water partition coefficient (Wildman–Crippen LogP) is 2.25. The smallest absolute Gasteiger partial charge is 0.303 e. The number of aliphatic carboxylic acids is 1. The van der Waals surface area contributed by atoms with E-state index in [2.05, 4.69) is 17.2 Å². The van der Waals surface area contributed by atoms with E-state index < -0.39 is 5.97 Å². The first-order valence-corrected chi connectivity index (χ1v) is 9.83. The molecule has 0 unspecified atom stereocenters. The number of amides is 1. The molecule has 7 heteroatoms. The minimum Gasteiger partial charge on any atom is -0.481 e. The molecular weight excluding hydrogens is 328 g/mol. The third kappa shape index (κ3) is 6.26. The topological polar surface area (TPSA) is 87.7 Å². The third-order valence-corrected chi connectivity index (χ3v) is 5.89. The molecule has 1 amide bonds. The molecule has 0 aromatic carbocycles. The van der Waals surface area contributed by atoms with Gasteiger partial charge in [-0.2, -0.15) is 11.8 Å². The van der Waals surface area contributed by atoms with Gasteiger partial charge in [-0.3, -0.25) is 9.59 Å². The molecule has 2 heterocycles. The zero-order valence-electron chi connectivity index (χ0n) is 14.1. The van der Waals surface area contributed by atoms with E-state index in [1.54, 1.807) is 0 Å². The van der Waals surface area contributed by atoms with Crippen LogP contribution in [0.1, 0.15) is 51.4 Å². The van der Waals surface area contributed by atoms with Crippen LogP contribution in [0.2, 0.25) is 0 Å². The second-order valence-corrected chi connectivity index (χ2v) is 7.70. The average Bonchev–Trinajstić information content (AvgIpc) is 3.06. The SMILES string of the molecule is C=C1N[C@H]2CS[C@@H](CCCCC(=O)NCCCCCC(=O)O)[C@H]2O1. The maximum atomic E-state index is 11.7. The Hall–Kier alpha value is -1.37. The van der Waals surface area contributed by atoms with Crippen molar-refractivity contribution in [3.8, 4) is 0 Å². The summed E-state index contributed by atoms with van der Waals surface area (Å²) in [6, 6.07) is 0.400. The number of carbonyl (C=O) groups is 2. The molecule has 6 nitrogen and oxygen atoms in total. The maximum absolute atomic E-state index is 11.7. The normalized spacial score (nSPS) is 25.0. The van der Waals surface area contributed by atoms with Gasteiger partial charge < -0.3 is 20.5 Å². The summed E-state index contributed by atoms with van der Waals surface area (Å²) < 4.78 is 5.73. The van der Waals surface area contributed by atoms with Crippen molar-refractivity contribution in [1.29, 1.82) is 0 Å². The molecule has 3 atom stereocenters. The number of hydrogen-bond donors (Lipinski definition) is 3. The number of carboxylic acids is 1. The molecule has 0 bridgehead atoms. The molecular formula is C17H28N2O4S. The molecule has 0 spiro atoms. The highest BCUT2D eigenvalue weighted by molar-refractivity contribution is 8.00. The molecule has 3 N–H and O–H groups in total. The van der Waals surface area contributed by atoms with Gasteiger partial charge in [0.1, 0.15) is 6.10 Å². The van der Waals surface area contributed by atoms with Gasteiger partial charge >= 0.3 is 5.97 Å². The quantitative estimate of drug-likeness (QED) is 0.492. The van der Waals surface area contributed by atoms with E-state index in [0.29, 0.717) is 36.6 Å². The Morgan fingerprint density at radius 3 is 2.83 bits per heavy atom. The van der Waals surface area contributed by atoms with Crippen molar-refractivity contribution in [3.63, 3.8) is 0 Å². The first-order chi connectivity index (χ1) is 11.6. The van der Waals surface area contributed by atoms with E-state index in [1.165, 1.54) is 0 Å². The lowest BCUT2D eigenvalue weighted by atomic mass is 10.0. The van der Waals surface area contributed by atoms with E-state index >= 15 is 0 Å². The number of rotatable bonds is 11. The molecule has 0 aliphatic carbocycles. The van der Waals surface area contributed by atoms with Crippen LogP contribution in [0.4, 0.5) is 0 Å². The van der Waals surface area contributed by atoms with E-state index in [1.807, 2.05) is 11.8 Å². The fourth-order valence-electron chi connectivity index (χ4n) is 3.14. The standard InChI is InChI=1S/C17H28N2O4S/c1-12-19-13-11-24-14(17(13)23-12)7-4-5-8-15(20)18-10-6-2-3-9-16(21)22/h13-14,17,19H,1-11H2,(H,18,20)(H,21,22)/t13-,14-,17-/m0/s1. The Labute approximate surface area is 147 Å². The molecule has 2 aliphatic rings. The first kappa shape index (κ1) is 19.0. The van der Waals surface area contributed by atoms with Crippen LogP contribution in [0.5, 0.6) is 0 Å². The molecule has 0 radical (unpaired) electrons. The van der Waals surface area contributed by atoms with E-state index in [-0.39, 0.29) is 18.4 Å². The Morgan fingerprint density at radius 1 is 1.25 bits per heavy atom. The lowest BCUT2D eigenvalue weighted by molar-refractivity contribution is -0.137. The highest BCUT2D eigenvalue weighted by Gasteiger charge is 2.42. The lowest BCUT2D eigenvalue weighted by Gasteiger charge is -2.16. The van der Waals surface area contributed by atoms with Crippen LogP contribution < -0.4 is 10.6 Å². The Balaban J connectivity index is 1.45. The van der Waals surface area contributed by atoms with Gasteiger partial charge in [0.25, 0.3) is 0 Å². The van der Waals surface area contributed by atoms with Crippen LogP contribution in [0.25, 0.3) is 0 Å². The van der Waals surface area contributed by atoms with Crippen molar-refractivity contribution in [2.24, 2.45) is 0 Å². The van der Waals surface area contributed by atoms with Crippen LogP contribution >= 0.6 is 11.8 Å². The van der Waals surface area contributed by atoms with Gasteiger partial charge in [-0.15, -0.1) is 0 Å². The van der Waals surface area contributed by atoms with E-state index in [4.69, 9.17) is 9.84 Å². The summed E-state index contributed by atoms with van der Waals surface area (Å²) in [5, 5.41) is 15.2. The third-order valence-electron chi connectivity index (χ3n) is 4.41. The van der Waals surface area contributed by atoms with Crippen molar-refractivity contribution >= 4 is 23.6 Å². The lowest BCUT2D eigenvalue weighted by Crippen LogP contribution is -2.31. The minimum atomic E-state index is -0.756. The highest BCUT2D eigenvalue weighted by Crippen LogP contribution is 2.37. The van der Waals surface area contributed by atoms with Crippen molar-refractivity contribution in [3.05, 3.63) is 12.5 Å². The number of fused-ring (bicyclic) bond motifs is 1. The van der Waals surface area contributed by atoms with Gasteiger partial charge in [-0.1, -0.05) is 12.8 Å². The average molecular weight is 356 g/mol. The number of carboxylic acid groups (broad SMARTS) is 1. The number of thioether (sulfide) groups is 1. The zero-order chi connectivity index (χ0) is 17.4. The number of hydrogen-bond acceptors (Lipinski definition) is 5. The van der Waals surface area contributed by atoms with Crippen molar-refractivity contribution < 1.29 is 19.4 Å². The van der Waals surface area contributed by atoms with Crippen molar-refractivity contribution in [2.45, 2.75) is 68.8 Å². The minimum absolute atomic E-state index is 0.0948. The second-order valence-electron chi connectivity index (χ2n) is 6.43. The predicted molar refractivity (Wildman–Crippen MR) is 94.8 cm³/mol. The Kier molecular flexibility index (Phi) is 7.75. The van der Waals surface area contributed by atoms with Gasteiger partial charge in [-0.05, 0) is 32.3 Å². The maximum Gasteiger partial charge on any atom is 0.303 e. The summed E-state index contributed by atoms with van der Waals surface area (Å²) in [5.41, 5.74) is 0. The molecule has 0 aromatic rings. The number of nitrogens with one attached hydrogen (secondary N) is 2. The Bertz CT molecular complexity index is 458. The zero-order valence-corrected chi connectivity index (χ0v) is 14.9.